The number of halogens is 1. The molecule has 3 nitrogen and oxygen atoms in total. The van der Waals surface area contributed by atoms with E-state index in [1.807, 2.05) is 13.8 Å². The van der Waals surface area contributed by atoms with Crippen LogP contribution in [0, 0.1) is 11.7 Å². The quantitative estimate of drug-likeness (QED) is 0.852. The molecule has 0 aliphatic carbocycles. The largest absolute Gasteiger partial charge is 0.449 e. The van der Waals surface area contributed by atoms with Crippen molar-refractivity contribution >= 4 is 11.8 Å². The number of anilines is 1. The number of rotatable bonds is 4. The lowest BCUT2D eigenvalue weighted by atomic mass is 10.1. The topological polar surface area (TPSA) is 38.3 Å². The van der Waals surface area contributed by atoms with Crippen molar-refractivity contribution in [1.29, 1.82) is 0 Å². The highest BCUT2D eigenvalue weighted by Gasteiger charge is 2.05. The molecule has 0 unspecified atom stereocenters. The minimum Gasteiger partial charge on any atom is -0.449 e. The first-order valence-electron chi connectivity index (χ1n) is 5.31. The molecule has 1 aromatic carbocycles. The maximum Gasteiger partial charge on any atom is 0.411 e. The molecule has 1 atom stereocenters. The van der Waals surface area contributed by atoms with Gasteiger partial charge in [0.2, 0.25) is 0 Å². The number of ether oxygens (including phenoxy) is 1. The van der Waals surface area contributed by atoms with Gasteiger partial charge < -0.3 is 4.74 Å². The van der Waals surface area contributed by atoms with Crippen LogP contribution in [0.4, 0.5) is 14.9 Å². The summed E-state index contributed by atoms with van der Waals surface area (Å²) in [4.78, 5) is 11.3. The highest BCUT2D eigenvalue weighted by Crippen LogP contribution is 2.09. The second-order valence-corrected chi connectivity index (χ2v) is 3.74. The van der Waals surface area contributed by atoms with Crippen molar-refractivity contribution in [3.8, 4) is 0 Å². The van der Waals surface area contributed by atoms with Crippen LogP contribution in [0.1, 0.15) is 20.3 Å². The van der Waals surface area contributed by atoms with Crippen molar-refractivity contribution in [2.24, 2.45) is 5.92 Å². The molecule has 88 valence electrons. The molecular formula is C12H16FNO2. The van der Waals surface area contributed by atoms with E-state index in [4.69, 9.17) is 4.74 Å². The van der Waals surface area contributed by atoms with Crippen LogP contribution in [-0.4, -0.2) is 12.7 Å². The van der Waals surface area contributed by atoms with Crippen molar-refractivity contribution in [3.05, 3.63) is 30.1 Å². The zero-order valence-electron chi connectivity index (χ0n) is 9.50. The zero-order valence-corrected chi connectivity index (χ0v) is 9.50. The zero-order chi connectivity index (χ0) is 12.0. The Morgan fingerprint density at radius 3 is 2.62 bits per heavy atom. The highest BCUT2D eigenvalue weighted by molar-refractivity contribution is 5.84. The number of amides is 1. The Kier molecular flexibility index (Phi) is 4.76. The fourth-order valence-corrected chi connectivity index (χ4v) is 1.02. The number of hydrogen-bond acceptors (Lipinski definition) is 2. The molecule has 4 heteroatoms. The molecule has 0 aromatic heterocycles. The van der Waals surface area contributed by atoms with Crippen LogP contribution in [0.15, 0.2) is 24.3 Å². The van der Waals surface area contributed by atoms with E-state index in [9.17, 15) is 9.18 Å². The molecule has 0 aliphatic heterocycles. The third kappa shape index (κ3) is 4.29. The molecule has 0 aliphatic rings. The predicted octanol–water partition coefficient (Wildman–Crippen LogP) is 3.42. The third-order valence-corrected chi connectivity index (χ3v) is 2.29. The van der Waals surface area contributed by atoms with E-state index in [-0.39, 0.29) is 5.82 Å². The van der Waals surface area contributed by atoms with Gasteiger partial charge in [0.25, 0.3) is 0 Å². The SMILES string of the molecule is CC[C@H](C)COC(=O)Nc1ccc(F)cc1. The summed E-state index contributed by atoms with van der Waals surface area (Å²) in [5, 5.41) is 2.52. The van der Waals surface area contributed by atoms with Crippen LogP contribution >= 0.6 is 0 Å². The van der Waals surface area contributed by atoms with E-state index in [0.717, 1.165) is 6.42 Å². The Hall–Kier alpha value is -1.58. The average Bonchev–Trinajstić information content (AvgIpc) is 2.29. The molecule has 1 N–H and O–H groups in total. The maximum atomic E-state index is 12.6. The molecule has 0 heterocycles. The first-order valence-corrected chi connectivity index (χ1v) is 5.31. The molecule has 0 fully saturated rings. The fraction of sp³-hybridized carbons (Fsp3) is 0.417. The molecule has 0 bridgehead atoms. The standard InChI is InChI=1S/C12H16FNO2/c1-3-9(2)8-16-12(15)14-11-6-4-10(13)5-7-11/h4-7,9H,3,8H2,1-2H3,(H,14,15)/t9-/m0/s1. The van der Waals surface area contributed by atoms with Crippen molar-refractivity contribution in [3.63, 3.8) is 0 Å². The Morgan fingerprint density at radius 2 is 2.06 bits per heavy atom. The number of carbonyl (C=O) groups is 1. The van der Waals surface area contributed by atoms with E-state index < -0.39 is 6.09 Å². The van der Waals surface area contributed by atoms with Gasteiger partial charge in [0.1, 0.15) is 5.82 Å². The number of nitrogens with one attached hydrogen (secondary N) is 1. The summed E-state index contributed by atoms with van der Waals surface area (Å²) >= 11 is 0. The van der Waals surface area contributed by atoms with Crippen molar-refractivity contribution in [2.45, 2.75) is 20.3 Å². The monoisotopic (exact) mass is 225 g/mol. The van der Waals surface area contributed by atoms with E-state index >= 15 is 0 Å². The van der Waals surface area contributed by atoms with Gasteiger partial charge in [-0.2, -0.15) is 0 Å². The first kappa shape index (κ1) is 12.5. The molecule has 1 amide bonds. The summed E-state index contributed by atoms with van der Waals surface area (Å²) < 4.78 is 17.6. The van der Waals surface area contributed by atoms with Gasteiger partial charge in [0, 0.05) is 5.69 Å². The van der Waals surface area contributed by atoms with Gasteiger partial charge in [-0.05, 0) is 30.2 Å². The normalized spacial score (nSPS) is 11.9. The second-order valence-electron chi connectivity index (χ2n) is 3.74. The van der Waals surface area contributed by atoms with E-state index in [0.29, 0.717) is 18.2 Å². The van der Waals surface area contributed by atoms with Gasteiger partial charge in [0.05, 0.1) is 6.61 Å². The van der Waals surface area contributed by atoms with E-state index in [2.05, 4.69) is 5.32 Å². The minimum atomic E-state index is -0.507. The summed E-state index contributed by atoms with van der Waals surface area (Å²) in [6, 6.07) is 5.54. The van der Waals surface area contributed by atoms with E-state index in [1.165, 1.54) is 24.3 Å². The number of carbonyl (C=O) groups excluding carboxylic acids is 1. The molecule has 1 rings (SSSR count). The van der Waals surface area contributed by atoms with Gasteiger partial charge in [-0.1, -0.05) is 20.3 Å². The lowest BCUT2D eigenvalue weighted by molar-refractivity contribution is 0.143. The van der Waals surface area contributed by atoms with Crippen LogP contribution in [0.3, 0.4) is 0 Å². The van der Waals surface area contributed by atoms with Crippen LogP contribution in [0.25, 0.3) is 0 Å². The second kappa shape index (κ2) is 6.10. The van der Waals surface area contributed by atoms with Crippen LogP contribution in [0.2, 0.25) is 0 Å². The maximum absolute atomic E-state index is 12.6. The number of hydrogen-bond donors (Lipinski definition) is 1. The first-order chi connectivity index (χ1) is 7.61. The Labute approximate surface area is 94.6 Å². The van der Waals surface area contributed by atoms with Gasteiger partial charge in [-0.25, -0.2) is 9.18 Å². The fourth-order valence-electron chi connectivity index (χ4n) is 1.02. The number of benzene rings is 1. The lowest BCUT2D eigenvalue weighted by Crippen LogP contribution is -2.17. The summed E-state index contributed by atoms with van der Waals surface area (Å²) in [6.45, 7) is 4.43. The van der Waals surface area contributed by atoms with Crippen molar-refractivity contribution < 1.29 is 13.9 Å². The van der Waals surface area contributed by atoms with Gasteiger partial charge in [-0.3, -0.25) is 5.32 Å². The van der Waals surface area contributed by atoms with Gasteiger partial charge in [0.15, 0.2) is 0 Å². The van der Waals surface area contributed by atoms with Crippen molar-refractivity contribution in [1.82, 2.24) is 0 Å². The summed E-state index contributed by atoms with van der Waals surface area (Å²) in [7, 11) is 0. The molecule has 0 radical (unpaired) electrons. The van der Waals surface area contributed by atoms with Gasteiger partial charge >= 0.3 is 6.09 Å². The molecule has 16 heavy (non-hydrogen) atoms. The smallest absolute Gasteiger partial charge is 0.411 e. The molecule has 0 saturated heterocycles. The van der Waals surface area contributed by atoms with Crippen molar-refractivity contribution in [2.75, 3.05) is 11.9 Å². The van der Waals surface area contributed by atoms with Crippen LogP contribution in [0.5, 0.6) is 0 Å². The van der Waals surface area contributed by atoms with E-state index in [1.54, 1.807) is 0 Å². The van der Waals surface area contributed by atoms with Crippen LogP contribution in [-0.2, 0) is 4.74 Å². The van der Waals surface area contributed by atoms with Crippen LogP contribution < -0.4 is 5.32 Å². The molecule has 1 aromatic rings. The summed E-state index contributed by atoms with van der Waals surface area (Å²) in [6.07, 6.45) is 0.455. The Morgan fingerprint density at radius 1 is 1.44 bits per heavy atom. The molecular weight excluding hydrogens is 209 g/mol. The molecule has 0 spiro atoms. The highest BCUT2D eigenvalue weighted by atomic mass is 19.1. The Balaban J connectivity index is 2.37. The predicted molar refractivity (Wildman–Crippen MR) is 60.8 cm³/mol. The summed E-state index contributed by atoms with van der Waals surface area (Å²) in [5.41, 5.74) is 0.524. The summed E-state index contributed by atoms with van der Waals surface area (Å²) in [5.74, 6) is 0.0116. The Bertz CT molecular complexity index is 337. The average molecular weight is 225 g/mol. The molecule has 0 saturated carbocycles. The minimum absolute atomic E-state index is 0.335. The van der Waals surface area contributed by atoms with Gasteiger partial charge in [-0.15, -0.1) is 0 Å². The third-order valence-electron chi connectivity index (χ3n) is 2.29. The lowest BCUT2D eigenvalue weighted by Gasteiger charge is -2.10.